The Morgan fingerprint density at radius 1 is 1.26 bits per heavy atom. The SMILES string of the molecule is CCCN1C2=NC[C@H](Cc3ccccc3)N2C[C@H]1C. The number of nitrogens with zero attached hydrogens (tertiary/aromatic N) is 3. The van der Waals surface area contributed by atoms with Crippen molar-refractivity contribution in [3.8, 4) is 0 Å². The summed E-state index contributed by atoms with van der Waals surface area (Å²) in [6, 6.07) is 12.0. The van der Waals surface area contributed by atoms with Gasteiger partial charge < -0.3 is 9.80 Å². The van der Waals surface area contributed by atoms with Crippen LogP contribution >= 0.6 is 0 Å². The molecule has 2 aliphatic rings. The van der Waals surface area contributed by atoms with Crippen molar-refractivity contribution in [3.63, 3.8) is 0 Å². The zero-order valence-corrected chi connectivity index (χ0v) is 11.9. The predicted octanol–water partition coefficient (Wildman–Crippen LogP) is 2.38. The molecule has 0 aliphatic carbocycles. The first-order chi connectivity index (χ1) is 9.29. The molecule has 19 heavy (non-hydrogen) atoms. The number of hydrogen-bond acceptors (Lipinski definition) is 3. The van der Waals surface area contributed by atoms with Crippen molar-refractivity contribution in [2.24, 2.45) is 4.99 Å². The smallest absolute Gasteiger partial charge is 0.197 e. The van der Waals surface area contributed by atoms with Crippen LogP contribution in [0.25, 0.3) is 0 Å². The molecule has 3 nitrogen and oxygen atoms in total. The molecule has 3 heteroatoms. The lowest BCUT2D eigenvalue weighted by molar-refractivity contribution is 0.330. The van der Waals surface area contributed by atoms with Gasteiger partial charge in [-0.2, -0.15) is 0 Å². The highest BCUT2D eigenvalue weighted by Gasteiger charge is 2.39. The molecule has 1 aromatic rings. The standard InChI is InChI=1S/C16H23N3/c1-3-9-18-13(2)12-19-15(11-17-16(18)19)10-14-7-5-4-6-8-14/h4-8,13,15H,3,9-12H2,1-2H3/t13-,15+/m1/s1. The quantitative estimate of drug-likeness (QED) is 0.825. The summed E-state index contributed by atoms with van der Waals surface area (Å²) >= 11 is 0. The Morgan fingerprint density at radius 3 is 2.79 bits per heavy atom. The number of hydrogen-bond donors (Lipinski definition) is 0. The van der Waals surface area contributed by atoms with Gasteiger partial charge in [-0.25, -0.2) is 0 Å². The summed E-state index contributed by atoms with van der Waals surface area (Å²) < 4.78 is 0. The molecule has 0 amide bonds. The van der Waals surface area contributed by atoms with Crippen LogP contribution in [-0.4, -0.2) is 47.5 Å². The Morgan fingerprint density at radius 2 is 2.05 bits per heavy atom. The van der Waals surface area contributed by atoms with Crippen molar-refractivity contribution >= 4 is 5.96 Å². The van der Waals surface area contributed by atoms with Crippen molar-refractivity contribution in [1.82, 2.24) is 9.80 Å². The average Bonchev–Trinajstić information content (AvgIpc) is 2.93. The van der Waals surface area contributed by atoms with Crippen molar-refractivity contribution in [3.05, 3.63) is 35.9 Å². The molecule has 0 aromatic heterocycles. The van der Waals surface area contributed by atoms with Gasteiger partial charge in [0.15, 0.2) is 5.96 Å². The van der Waals surface area contributed by atoms with Gasteiger partial charge in [-0.15, -0.1) is 0 Å². The van der Waals surface area contributed by atoms with Crippen LogP contribution in [0.3, 0.4) is 0 Å². The highest BCUT2D eigenvalue weighted by Crippen LogP contribution is 2.25. The Bertz CT molecular complexity index is 454. The van der Waals surface area contributed by atoms with E-state index in [-0.39, 0.29) is 0 Å². The van der Waals surface area contributed by atoms with Crippen LogP contribution in [0, 0.1) is 0 Å². The molecule has 1 saturated heterocycles. The topological polar surface area (TPSA) is 18.8 Å². The molecule has 1 fully saturated rings. The molecular formula is C16H23N3. The van der Waals surface area contributed by atoms with Gasteiger partial charge in [-0.05, 0) is 25.3 Å². The monoisotopic (exact) mass is 257 g/mol. The van der Waals surface area contributed by atoms with Gasteiger partial charge in [-0.1, -0.05) is 37.3 Å². The first-order valence-corrected chi connectivity index (χ1v) is 7.41. The molecule has 2 aliphatic heterocycles. The van der Waals surface area contributed by atoms with Crippen LogP contribution in [0.4, 0.5) is 0 Å². The van der Waals surface area contributed by atoms with Crippen LogP contribution in [0.15, 0.2) is 35.3 Å². The second kappa shape index (κ2) is 5.24. The van der Waals surface area contributed by atoms with Gasteiger partial charge in [0.05, 0.1) is 12.6 Å². The van der Waals surface area contributed by atoms with Gasteiger partial charge in [0, 0.05) is 19.1 Å². The van der Waals surface area contributed by atoms with Crippen LogP contribution in [0.5, 0.6) is 0 Å². The van der Waals surface area contributed by atoms with Crippen molar-refractivity contribution in [2.45, 2.75) is 38.8 Å². The first-order valence-electron chi connectivity index (χ1n) is 7.41. The van der Waals surface area contributed by atoms with E-state index in [1.807, 2.05) is 0 Å². The highest BCUT2D eigenvalue weighted by atomic mass is 15.5. The average molecular weight is 257 g/mol. The molecule has 0 spiro atoms. The molecule has 0 bridgehead atoms. The lowest BCUT2D eigenvalue weighted by Crippen LogP contribution is -2.37. The summed E-state index contributed by atoms with van der Waals surface area (Å²) in [5.41, 5.74) is 1.42. The maximum atomic E-state index is 4.79. The molecule has 2 heterocycles. The van der Waals surface area contributed by atoms with Crippen LogP contribution in [0.1, 0.15) is 25.8 Å². The Balaban J connectivity index is 1.69. The normalized spacial score (nSPS) is 25.7. The third kappa shape index (κ3) is 2.34. The van der Waals surface area contributed by atoms with E-state index in [1.54, 1.807) is 0 Å². The third-order valence-electron chi connectivity index (χ3n) is 4.17. The van der Waals surface area contributed by atoms with E-state index in [2.05, 4.69) is 54.0 Å². The molecule has 102 valence electrons. The highest BCUT2D eigenvalue weighted by molar-refractivity contribution is 5.84. The minimum atomic E-state index is 0.557. The predicted molar refractivity (Wildman–Crippen MR) is 79.4 cm³/mol. The molecule has 0 unspecified atom stereocenters. The number of aliphatic imine (C=N–C) groups is 1. The molecule has 3 rings (SSSR count). The summed E-state index contributed by atoms with van der Waals surface area (Å²) in [7, 11) is 0. The fourth-order valence-corrected chi connectivity index (χ4v) is 3.23. The summed E-state index contributed by atoms with van der Waals surface area (Å²) in [4.78, 5) is 9.79. The lowest BCUT2D eigenvalue weighted by atomic mass is 10.1. The first kappa shape index (κ1) is 12.5. The van der Waals surface area contributed by atoms with E-state index < -0.39 is 0 Å². The van der Waals surface area contributed by atoms with Crippen molar-refractivity contribution < 1.29 is 0 Å². The van der Waals surface area contributed by atoms with Gasteiger partial charge in [0.1, 0.15) is 0 Å². The minimum absolute atomic E-state index is 0.557. The van der Waals surface area contributed by atoms with Gasteiger partial charge in [0.2, 0.25) is 0 Å². The minimum Gasteiger partial charge on any atom is -0.338 e. The van der Waals surface area contributed by atoms with Crippen molar-refractivity contribution in [2.75, 3.05) is 19.6 Å². The van der Waals surface area contributed by atoms with Crippen LogP contribution < -0.4 is 0 Å². The fourth-order valence-electron chi connectivity index (χ4n) is 3.23. The van der Waals surface area contributed by atoms with Gasteiger partial charge in [-0.3, -0.25) is 4.99 Å². The lowest BCUT2D eigenvalue weighted by Gasteiger charge is -2.23. The Hall–Kier alpha value is -1.51. The summed E-state index contributed by atoms with van der Waals surface area (Å²) in [6.07, 6.45) is 2.31. The molecule has 0 saturated carbocycles. The fraction of sp³-hybridized carbons (Fsp3) is 0.562. The molecule has 2 atom stereocenters. The van der Waals surface area contributed by atoms with E-state index in [1.165, 1.54) is 17.9 Å². The third-order valence-corrected chi connectivity index (χ3v) is 4.17. The van der Waals surface area contributed by atoms with Crippen LogP contribution in [0.2, 0.25) is 0 Å². The van der Waals surface area contributed by atoms with E-state index in [0.717, 1.165) is 26.1 Å². The summed E-state index contributed by atoms with van der Waals surface area (Å²) in [5, 5.41) is 0. The largest absolute Gasteiger partial charge is 0.338 e. The summed E-state index contributed by atoms with van der Waals surface area (Å²) in [6.45, 7) is 7.78. The zero-order chi connectivity index (χ0) is 13.2. The number of benzene rings is 1. The number of rotatable bonds is 4. The maximum absolute atomic E-state index is 4.79. The number of fused-ring (bicyclic) bond motifs is 1. The van der Waals surface area contributed by atoms with E-state index in [4.69, 9.17) is 4.99 Å². The Kier molecular flexibility index (Phi) is 3.45. The number of guanidine groups is 1. The van der Waals surface area contributed by atoms with E-state index in [0.29, 0.717) is 12.1 Å². The zero-order valence-electron chi connectivity index (χ0n) is 11.9. The molecule has 1 aromatic carbocycles. The second-order valence-corrected chi connectivity index (χ2v) is 5.68. The van der Waals surface area contributed by atoms with E-state index in [9.17, 15) is 0 Å². The molecular weight excluding hydrogens is 234 g/mol. The van der Waals surface area contributed by atoms with E-state index >= 15 is 0 Å². The molecule has 0 N–H and O–H groups in total. The van der Waals surface area contributed by atoms with Crippen molar-refractivity contribution in [1.29, 1.82) is 0 Å². The maximum Gasteiger partial charge on any atom is 0.197 e. The molecule has 0 radical (unpaired) electrons. The van der Waals surface area contributed by atoms with Gasteiger partial charge >= 0.3 is 0 Å². The summed E-state index contributed by atoms with van der Waals surface area (Å²) in [5.74, 6) is 1.25. The Labute approximate surface area is 115 Å². The second-order valence-electron chi connectivity index (χ2n) is 5.68. The van der Waals surface area contributed by atoms with Crippen LogP contribution in [-0.2, 0) is 6.42 Å². The van der Waals surface area contributed by atoms with Gasteiger partial charge in [0.25, 0.3) is 0 Å².